The highest BCUT2D eigenvalue weighted by molar-refractivity contribution is 6.17. The molecule has 5 heteroatoms. The number of carbonyl (C=O) groups excluding carboxylic acids is 1. The lowest BCUT2D eigenvalue weighted by molar-refractivity contribution is -0.138. The van der Waals surface area contributed by atoms with Crippen molar-refractivity contribution in [3.05, 3.63) is 0 Å². The molecule has 0 saturated carbocycles. The SMILES string of the molecule is O=C(C1CCOC1)N1CCC(OCCCl)CC1. The van der Waals surface area contributed by atoms with Gasteiger partial charge in [0, 0.05) is 25.6 Å². The van der Waals surface area contributed by atoms with Crippen LogP contribution in [0.5, 0.6) is 0 Å². The van der Waals surface area contributed by atoms with Crippen LogP contribution in [-0.4, -0.2) is 55.7 Å². The number of nitrogens with zero attached hydrogens (tertiary/aromatic N) is 1. The Kier molecular flexibility index (Phi) is 5.07. The second-order valence-corrected chi connectivity index (χ2v) is 5.02. The molecule has 0 aromatic heterocycles. The highest BCUT2D eigenvalue weighted by Gasteiger charge is 2.30. The summed E-state index contributed by atoms with van der Waals surface area (Å²) in [5.74, 6) is 0.895. The van der Waals surface area contributed by atoms with Crippen molar-refractivity contribution < 1.29 is 14.3 Å². The van der Waals surface area contributed by atoms with E-state index in [4.69, 9.17) is 21.1 Å². The van der Waals surface area contributed by atoms with Crippen LogP contribution in [0.3, 0.4) is 0 Å². The predicted molar refractivity (Wildman–Crippen MR) is 65.2 cm³/mol. The summed E-state index contributed by atoms with van der Waals surface area (Å²) >= 11 is 5.58. The lowest BCUT2D eigenvalue weighted by Crippen LogP contribution is -2.43. The molecule has 1 atom stereocenters. The Morgan fingerprint density at radius 2 is 2.12 bits per heavy atom. The van der Waals surface area contributed by atoms with Crippen LogP contribution in [0.1, 0.15) is 19.3 Å². The summed E-state index contributed by atoms with van der Waals surface area (Å²) in [4.78, 5) is 14.1. The molecule has 0 N–H and O–H groups in total. The molecule has 2 saturated heterocycles. The van der Waals surface area contributed by atoms with E-state index >= 15 is 0 Å². The number of alkyl halides is 1. The standard InChI is InChI=1S/C12H20ClNO3/c13-4-8-17-11-1-5-14(6-2-11)12(15)10-3-7-16-9-10/h10-11H,1-9H2. The van der Waals surface area contributed by atoms with Crippen LogP contribution in [0, 0.1) is 5.92 Å². The fourth-order valence-corrected chi connectivity index (χ4v) is 2.53. The normalized spacial score (nSPS) is 26.4. The van der Waals surface area contributed by atoms with Crippen molar-refractivity contribution in [2.45, 2.75) is 25.4 Å². The lowest BCUT2D eigenvalue weighted by atomic mass is 10.0. The van der Waals surface area contributed by atoms with Gasteiger partial charge in [-0.15, -0.1) is 11.6 Å². The van der Waals surface area contributed by atoms with Crippen LogP contribution in [0.15, 0.2) is 0 Å². The Balaban J connectivity index is 1.72. The molecule has 17 heavy (non-hydrogen) atoms. The van der Waals surface area contributed by atoms with Crippen molar-refractivity contribution in [2.75, 3.05) is 38.8 Å². The minimum Gasteiger partial charge on any atom is -0.381 e. The van der Waals surface area contributed by atoms with Crippen molar-refractivity contribution in [1.82, 2.24) is 4.90 Å². The summed E-state index contributed by atoms with van der Waals surface area (Å²) in [6.45, 7) is 3.55. The van der Waals surface area contributed by atoms with Crippen molar-refractivity contribution in [3.8, 4) is 0 Å². The predicted octanol–water partition coefficient (Wildman–Crippen LogP) is 1.27. The van der Waals surface area contributed by atoms with Crippen LogP contribution in [0.2, 0.25) is 0 Å². The van der Waals surface area contributed by atoms with Gasteiger partial charge >= 0.3 is 0 Å². The van der Waals surface area contributed by atoms with Crippen LogP contribution in [0.4, 0.5) is 0 Å². The Morgan fingerprint density at radius 1 is 1.35 bits per heavy atom. The zero-order valence-electron chi connectivity index (χ0n) is 10.1. The molecule has 0 bridgehead atoms. The maximum Gasteiger partial charge on any atom is 0.228 e. The molecule has 1 amide bonds. The third-order valence-corrected chi connectivity index (χ3v) is 3.62. The van der Waals surface area contributed by atoms with Gasteiger partial charge in [-0.25, -0.2) is 0 Å². The van der Waals surface area contributed by atoms with Gasteiger partial charge in [0.15, 0.2) is 0 Å². The molecule has 4 nitrogen and oxygen atoms in total. The zero-order chi connectivity index (χ0) is 12.1. The number of rotatable bonds is 4. The van der Waals surface area contributed by atoms with E-state index < -0.39 is 0 Å². The van der Waals surface area contributed by atoms with E-state index in [0.717, 1.165) is 39.0 Å². The maximum atomic E-state index is 12.1. The lowest BCUT2D eigenvalue weighted by Gasteiger charge is -2.33. The smallest absolute Gasteiger partial charge is 0.228 e. The summed E-state index contributed by atoms with van der Waals surface area (Å²) in [7, 11) is 0. The molecular weight excluding hydrogens is 242 g/mol. The first-order chi connectivity index (χ1) is 8.31. The number of amides is 1. The molecule has 0 radical (unpaired) electrons. The van der Waals surface area contributed by atoms with Crippen LogP contribution >= 0.6 is 11.6 Å². The van der Waals surface area contributed by atoms with Crippen molar-refractivity contribution >= 4 is 17.5 Å². The average Bonchev–Trinajstić information content (AvgIpc) is 2.90. The molecule has 0 aromatic rings. The Labute approximate surface area is 107 Å². The van der Waals surface area contributed by atoms with Gasteiger partial charge in [0.05, 0.1) is 25.2 Å². The van der Waals surface area contributed by atoms with Crippen molar-refractivity contribution in [3.63, 3.8) is 0 Å². The molecule has 0 spiro atoms. The van der Waals surface area contributed by atoms with Crippen LogP contribution in [0.25, 0.3) is 0 Å². The van der Waals surface area contributed by atoms with Gasteiger partial charge in [0.2, 0.25) is 5.91 Å². The highest BCUT2D eigenvalue weighted by atomic mass is 35.5. The summed E-state index contributed by atoms with van der Waals surface area (Å²) in [5, 5.41) is 0. The molecule has 2 aliphatic heterocycles. The molecule has 0 aromatic carbocycles. The van der Waals surface area contributed by atoms with Gasteiger partial charge in [-0.05, 0) is 19.3 Å². The minimum atomic E-state index is 0.0929. The highest BCUT2D eigenvalue weighted by Crippen LogP contribution is 2.20. The Bertz CT molecular complexity index is 248. The van der Waals surface area contributed by atoms with E-state index in [2.05, 4.69) is 0 Å². The first-order valence-electron chi connectivity index (χ1n) is 6.35. The first-order valence-corrected chi connectivity index (χ1v) is 6.89. The van der Waals surface area contributed by atoms with E-state index in [9.17, 15) is 4.79 Å². The number of hydrogen-bond donors (Lipinski definition) is 0. The fourth-order valence-electron chi connectivity index (χ4n) is 2.44. The monoisotopic (exact) mass is 261 g/mol. The van der Waals surface area contributed by atoms with E-state index in [1.54, 1.807) is 0 Å². The maximum absolute atomic E-state index is 12.1. The van der Waals surface area contributed by atoms with Gasteiger partial charge in [0.25, 0.3) is 0 Å². The van der Waals surface area contributed by atoms with E-state index in [1.165, 1.54) is 0 Å². The second kappa shape index (κ2) is 6.57. The molecule has 0 aliphatic carbocycles. The van der Waals surface area contributed by atoms with Crippen molar-refractivity contribution in [2.24, 2.45) is 5.92 Å². The third-order valence-electron chi connectivity index (χ3n) is 3.46. The van der Waals surface area contributed by atoms with Gasteiger partial charge in [-0.2, -0.15) is 0 Å². The zero-order valence-corrected chi connectivity index (χ0v) is 10.8. The summed E-state index contributed by atoms with van der Waals surface area (Å²) in [5.41, 5.74) is 0. The third kappa shape index (κ3) is 3.57. The number of carbonyl (C=O) groups is 1. The van der Waals surface area contributed by atoms with Gasteiger partial charge in [-0.3, -0.25) is 4.79 Å². The van der Waals surface area contributed by atoms with Crippen molar-refractivity contribution in [1.29, 1.82) is 0 Å². The van der Waals surface area contributed by atoms with E-state index in [1.807, 2.05) is 4.90 Å². The minimum absolute atomic E-state index is 0.0929. The largest absolute Gasteiger partial charge is 0.381 e. The number of piperidine rings is 1. The number of ether oxygens (including phenoxy) is 2. The summed E-state index contributed by atoms with van der Waals surface area (Å²) in [6, 6.07) is 0. The van der Waals surface area contributed by atoms with E-state index in [0.29, 0.717) is 19.1 Å². The molecule has 2 fully saturated rings. The van der Waals surface area contributed by atoms with Gasteiger partial charge < -0.3 is 14.4 Å². The molecule has 98 valence electrons. The Morgan fingerprint density at radius 3 is 2.71 bits per heavy atom. The molecule has 2 heterocycles. The van der Waals surface area contributed by atoms with Crippen LogP contribution < -0.4 is 0 Å². The molecule has 2 rings (SSSR count). The number of hydrogen-bond acceptors (Lipinski definition) is 3. The van der Waals surface area contributed by atoms with Gasteiger partial charge in [-0.1, -0.05) is 0 Å². The van der Waals surface area contributed by atoms with Crippen LogP contribution in [-0.2, 0) is 14.3 Å². The molecular formula is C12H20ClNO3. The summed E-state index contributed by atoms with van der Waals surface area (Å²) < 4.78 is 10.8. The Hall–Kier alpha value is -0.320. The summed E-state index contributed by atoms with van der Waals surface area (Å²) in [6.07, 6.45) is 3.01. The fraction of sp³-hybridized carbons (Fsp3) is 0.917. The second-order valence-electron chi connectivity index (χ2n) is 4.64. The number of likely N-dealkylation sites (tertiary alicyclic amines) is 1. The van der Waals surface area contributed by atoms with E-state index in [-0.39, 0.29) is 17.9 Å². The average molecular weight is 262 g/mol. The quantitative estimate of drug-likeness (QED) is 0.716. The molecule has 1 unspecified atom stereocenters. The topological polar surface area (TPSA) is 38.8 Å². The molecule has 2 aliphatic rings. The van der Waals surface area contributed by atoms with Gasteiger partial charge in [0.1, 0.15) is 0 Å². The number of halogens is 1. The first kappa shape index (κ1) is 13.1.